The Balaban J connectivity index is 3.07. The largest absolute Gasteiger partial charge is 0.505 e. The number of nitrogens with two attached hydrogens (primary N) is 1. The van der Waals surface area contributed by atoms with Crippen LogP contribution in [0.1, 0.15) is 12.5 Å². The Morgan fingerprint density at radius 1 is 1.22 bits per heavy atom. The summed E-state index contributed by atoms with van der Waals surface area (Å²) in [4.78, 5) is 0. The number of phenolic OH excluding ortho intramolecular Hbond substituents is 1. The lowest BCUT2D eigenvalue weighted by Gasteiger charge is -2.14. The fourth-order valence-electron chi connectivity index (χ4n) is 2.09. The van der Waals surface area contributed by atoms with Crippen molar-refractivity contribution in [3.05, 3.63) is 29.3 Å². The summed E-state index contributed by atoms with van der Waals surface area (Å²) in [5, 5.41) is 9.95. The zero-order valence-electron chi connectivity index (χ0n) is 10.1. The van der Waals surface area contributed by atoms with Crippen LogP contribution in [0, 0.1) is 11.6 Å². The van der Waals surface area contributed by atoms with Gasteiger partial charge in [0.1, 0.15) is 11.6 Å². The molecule has 0 bridgehead atoms. The van der Waals surface area contributed by atoms with Crippen LogP contribution < -0.4 is 10.5 Å². The molecule has 0 amide bonds. The van der Waals surface area contributed by atoms with Crippen molar-refractivity contribution in [2.75, 3.05) is 12.8 Å². The molecule has 0 heterocycles. The van der Waals surface area contributed by atoms with E-state index in [0.717, 1.165) is 0 Å². The molecular weight excluding hydrogens is 240 g/mol. The third-order valence-corrected chi connectivity index (χ3v) is 2.93. The lowest BCUT2D eigenvalue weighted by Crippen LogP contribution is -1.99. The molecule has 0 spiro atoms. The van der Waals surface area contributed by atoms with Gasteiger partial charge in [0, 0.05) is 11.5 Å². The Hall–Kier alpha value is -2.04. The van der Waals surface area contributed by atoms with Gasteiger partial charge in [-0.1, -0.05) is 6.92 Å². The van der Waals surface area contributed by atoms with Crippen LogP contribution in [0.3, 0.4) is 0 Å². The van der Waals surface area contributed by atoms with Crippen LogP contribution in [0.2, 0.25) is 0 Å². The van der Waals surface area contributed by atoms with Crippen LogP contribution in [0.4, 0.5) is 14.5 Å². The SMILES string of the molecule is CCc1cc(N)c(O)c2c(F)cc(F)c(OC)c12. The summed E-state index contributed by atoms with van der Waals surface area (Å²) in [5.74, 6) is -2.14. The standard InChI is InChI=1S/C13H13F2NO2/c1-3-6-4-9(16)12(17)11-7(14)5-8(15)13(18-2)10(6)11/h4-5,17H,3,16H2,1-2H3. The van der Waals surface area contributed by atoms with Crippen molar-refractivity contribution in [2.24, 2.45) is 0 Å². The summed E-state index contributed by atoms with van der Waals surface area (Å²) in [6.45, 7) is 1.83. The molecule has 2 aromatic rings. The molecule has 0 saturated heterocycles. The van der Waals surface area contributed by atoms with Gasteiger partial charge in [-0.25, -0.2) is 8.78 Å². The van der Waals surface area contributed by atoms with Crippen molar-refractivity contribution in [3.8, 4) is 11.5 Å². The monoisotopic (exact) mass is 253 g/mol. The second-order valence-electron chi connectivity index (χ2n) is 3.95. The van der Waals surface area contributed by atoms with Gasteiger partial charge in [0.2, 0.25) is 0 Å². The van der Waals surface area contributed by atoms with Crippen LogP contribution in [0.25, 0.3) is 10.8 Å². The van der Waals surface area contributed by atoms with Crippen LogP contribution in [0.15, 0.2) is 12.1 Å². The molecule has 0 aliphatic heterocycles. The van der Waals surface area contributed by atoms with E-state index in [2.05, 4.69) is 0 Å². The van der Waals surface area contributed by atoms with E-state index in [4.69, 9.17) is 10.5 Å². The lowest BCUT2D eigenvalue weighted by molar-refractivity contribution is 0.389. The molecule has 5 heteroatoms. The predicted molar refractivity (Wildman–Crippen MR) is 65.9 cm³/mol. The minimum atomic E-state index is -0.859. The molecule has 0 fully saturated rings. The third kappa shape index (κ3) is 1.63. The third-order valence-electron chi connectivity index (χ3n) is 2.93. The fraction of sp³-hybridized carbons (Fsp3) is 0.231. The number of benzene rings is 2. The van der Waals surface area contributed by atoms with Crippen LogP contribution in [-0.4, -0.2) is 12.2 Å². The maximum absolute atomic E-state index is 13.8. The number of halogens is 2. The van der Waals surface area contributed by atoms with Gasteiger partial charge in [-0.15, -0.1) is 0 Å². The Morgan fingerprint density at radius 3 is 2.44 bits per heavy atom. The number of aryl methyl sites for hydroxylation is 1. The highest BCUT2D eigenvalue weighted by Crippen LogP contribution is 2.41. The van der Waals surface area contributed by atoms with Gasteiger partial charge in [-0.05, 0) is 18.1 Å². The molecule has 0 radical (unpaired) electrons. The van der Waals surface area contributed by atoms with Crippen molar-refractivity contribution in [2.45, 2.75) is 13.3 Å². The highest BCUT2D eigenvalue weighted by molar-refractivity contribution is 5.99. The number of ether oxygens (including phenoxy) is 1. The molecule has 2 aromatic carbocycles. The van der Waals surface area contributed by atoms with E-state index < -0.39 is 17.4 Å². The Morgan fingerprint density at radius 2 is 1.89 bits per heavy atom. The first-order valence-electron chi connectivity index (χ1n) is 5.47. The number of methoxy groups -OCH3 is 1. The first-order chi connectivity index (χ1) is 8.51. The van der Waals surface area contributed by atoms with Crippen LogP contribution in [-0.2, 0) is 6.42 Å². The summed E-state index contributed by atoms with van der Waals surface area (Å²) < 4.78 is 32.4. The maximum Gasteiger partial charge on any atom is 0.168 e. The fourth-order valence-corrected chi connectivity index (χ4v) is 2.09. The minimum absolute atomic E-state index is 0.0620. The average molecular weight is 253 g/mol. The summed E-state index contributed by atoms with van der Waals surface area (Å²) in [5.41, 5.74) is 6.29. The summed E-state index contributed by atoms with van der Waals surface area (Å²) in [7, 11) is 1.29. The summed E-state index contributed by atoms with van der Waals surface area (Å²) >= 11 is 0. The van der Waals surface area contributed by atoms with E-state index in [-0.39, 0.29) is 22.2 Å². The Kier molecular flexibility index (Phi) is 2.98. The van der Waals surface area contributed by atoms with Gasteiger partial charge in [0.15, 0.2) is 11.6 Å². The quantitative estimate of drug-likeness (QED) is 0.639. The van der Waals surface area contributed by atoms with Crippen molar-refractivity contribution in [1.82, 2.24) is 0 Å². The maximum atomic E-state index is 13.8. The molecule has 3 N–H and O–H groups in total. The predicted octanol–water partition coefficient (Wildman–Crippen LogP) is 2.98. The van der Waals surface area contributed by atoms with E-state index in [9.17, 15) is 13.9 Å². The van der Waals surface area contributed by atoms with Crippen molar-refractivity contribution >= 4 is 16.5 Å². The smallest absolute Gasteiger partial charge is 0.168 e. The number of anilines is 1. The molecule has 2 rings (SSSR count). The number of fused-ring (bicyclic) bond motifs is 1. The van der Waals surface area contributed by atoms with E-state index in [1.54, 1.807) is 0 Å². The van der Waals surface area contributed by atoms with E-state index >= 15 is 0 Å². The van der Waals surface area contributed by atoms with Gasteiger partial charge in [0.25, 0.3) is 0 Å². The van der Waals surface area contributed by atoms with E-state index in [1.807, 2.05) is 6.92 Å². The van der Waals surface area contributed by atoms with Gasteiger partial charge in [-0.2, -0.15) is 0 Å². The Bertz CT molecular complexity index is 626. The van der Waals surface area contributed by atoms with E-state index in [1.165, 1.54) is 13.2 Å². The number of phenols is 1. The topological polar surface area (TPSA) is 55.5 Å². The normalized spacial score (nSPS) is 10.9. The minimum Gasteiger partial charge on any atom is -0.505 e. The molecule has 0 atom stereocenters. The highest BCUT2D eigenvalue weighted by atomic mass is 19.1. The number of nitrogen functional groups attached to an aromatic ring is 1. The van der Waals surface area contributed by atoms with Gasteiger partial charge >= 0.3 is 0 Å². The molecule has 0 saturated carbocycles. The van der Waals surface area contributed by atoms with Crippen molar-refractivity contribution < 1.29 is 18.6 Å². The molecule has 0 aliphatic rings. The second kappa shape index (κ2) is 4.33. The second-order valence-corrected chi connectivity index (χ2v) is 3.95. The van der Waals surface area contributed by atoms with Crippen molar-refractivity contribution in [3.63, 3.8) is 0 Å². The van der Waals surface area contributed by atoms with Gasteiger partial charge in [0.05, 0.1) is 18.2 Å². The lowest BCUT2D eigenvalue weighted by atomic mass is 9.99. The summed E-state index contributed by atoms with van der Waals surface area (Å²) in [6, 6.07) is 2.18. The number of hydrogen-bond donors (Lipinski definition) is 2. The van der Waals surface area contributed by atoms with Crippen LogP contribution in [0.5, 0.6) is 11.5 Å². The zero-order valence-corrected chi connectivity index (χ0v) is 10.1. The summed E-state index contributed by atoms with van der Waals surface area (Å²) in [6.07, 6.45) is 0.514. The number of aromatic hydroxyl groups is 1. The molecule has 18 heavy (non-hydrogen) atoms. The van der Waals surface area contributed by atoms with Gasteiger partial charge < -0.3 is 15.6 Å². The van der Waals surface area contributed by atoms with Crippen LogP contribution >= 0.6 is 0 Å². The first kappa shape index (κ1) is 12.4. The Labute approximate surface area is 103 Å². The van der Waals surface area contributed by atoms with Crippen molar-refractivity contribution in [1.29, 1.82) is 0 Å². The first-order valence-corrected chi connectivity index (χ1v) is 5.47. The average Bonchev–Trinajstić information content (AvgIpc) is 2.33. The molecule has 3 nitrogen and oxygen atoms in total. The molecule has 0 aromatic heterocycles. The van der Waals surface area contributed by atoms with E-state index in [0.29, 0.717) is 18.1 Å². The molecule has 0 unspecified atom stereocenters. The highest BCUT2D eigenvalue weighted by Gasteiger charge is 2.20. The van der Waals surface area contributed by atoms with Gasteiger partial charge in [-0.3, -0.25) is 0 Å². The number of rotatable bonds is 2. The molecule has 0 aliphatic carbocycles. The molecule has 96 valence electrons. The number of hydrogen-bond acceptors (Lipinski definition) is 3. The zero-order chi connectivity index (χ0) is 13.4. The molecular formula is C13H13F2NO2.